The molecule has 0 bridgehead atoms. The van der Waals surface area contributed by atoms with E-state index in [4.69, 9.17) is 28.9 Å². The van der Waals surface area contributed by atoms with E-state index in [2.05, 4.69) is 4.98 Å². The first-order valence-electron chi connectivity index (χ1n) is 3.77. The summed E-state index contributed by atoms with van der Waals surface area (Å²) in [4.78, 5) is 3.77. The molecule has 1 rings (SSSR count). The van der Waals surface area contributed by atoms with E-state index < -0.39 is 12.7 Å². The highest BCUT2D eigenvalue weighted by molar-refractivity contribution is 6.35. The van der Waals surface area contributed by atoms with Gasteiger partial charge in [0.25, 0.3) is 0 Å². The lowest BCUT2D eigenvalue weighted by atomic mass is 10.1. The van der Waals surface area contributed by atoms with E-state index in [1.165, 1.54) is 12.4 Å². The van der Waals surface area contributed by atoms with Gasteiger partial charge in [-0.2, -0.15) is 0 Å². The zero-order valence-electron chi connectivity index (χ0n) is 6.80. The molecule has 5 heteroatoms. The van der Waals surface area contributed by atoms with Gasteiger partial charge in [-0.3, -0.25) is 9.37 Å². The van der Waals surface area contributed by atoms with E-state index in [0.29, 0.717) is 15.6 Å². The lowest BCUT2D eigenvalue weighted by Gasteiger charge is -2.12. The number of hydrogen-bond acceptors (Lipinski definition) is 2. The quantitative estimate of drug-likeness (QED) is 0.855. The average molecular weight is 223 g/mol. The number of aromatic nitrogens is 1. The smallest absolute Gasteiger partial charge is 0.0912 e. The summed E-state index contributed by atoms with van der Waals surface area (Å²) in [7, 11) is 0. The average Bonchev–Trinajstić information content (AvgIpc) is 2.04. The van der Waals surface area contributed by atoms with E-state index >= 15 is 0 Å². The molecule has 13 heavy (non-hydrogen) atoms. The second-order valence-electron chi connectivity index (χ2n) is 2.60. The Balaban J connectivity index is 2.98. The molecule has 0 radical (unpaired) electrons. The third-order valence-corrected chi connectivity index (χ3v) is 2.28. The molecule has 0 spiro atoms. The first kappa shape index (κ1) is 10.7. The Morgan fingerprint density at radius 1 is 1.38 bits per heavy atom. The summed E-state index contributed by atoms with van der Waals surface area (Å²) in [6, 6.07) is -0.465. The second kappa shape index (κ2) is 4.74. The predicted octanol–water partition coefficient (Wildman–Crippen LogP) is 2.75. The Kier molecular flexibility index (Phi) is 3.90. The van der Waals surface area contributed by atoms with Crippen LogP contribution in [-0.4, -0.2) is 11.7 Å². The SMILES string of the molecule is N[C@@H](CCF)c1c(Cl)cncc1Cl. The number of pyridine rings is 1. The van der Waals surface area contributed by atoms with Crippen LogP contribution >= 0.6 is 23.2 Å². The number of alkyl halides is 1. The summed E-state index contributed by atoms with van der Waals surface area (Å²) in [5, 5.41) is 0.766. The van der Waals surface area contributed by atoms with Crippen LogP contribution in [0.4, 0.5) is 4.39 Å². The molecular weight excluding hydrogens is 214 g/mol. The molecule has 2 nitrogen and oxygen atoms in total. The zero-order chi connectivity index (χ0) is 9.84. The molecule has 0 amide bonds. The molecule has 0 aliphatic rings. The highest BCUT2D eigenvalue weighted by Gasteiger charge is 2.13. The van der Waals surface area contributed by atoms with Gasteiger partial charge in [0.2, 0.25) is 0 Å². The first-order chi connectivity index (χ1) is 6.16. The summed E-state index contributed by atoms with van der Waals surface area (Å²) >= 11 is 11.6. The molecule has 0 aromatic carbocycles. The fourth-order valence-electron chi connectivity index (χ4n) is 1.04. The fraction of sp³-hybridized carbons (Fsp3) is 0.375. The van der Waals surface area contributed by atoms with Gasteiger partial charge in [-0.1, -0.05) is 23.2 Å². The maximum absolute atomic E-state index is 12.0. The van der Waals surface area contributed by atoms with Crippen LogP contribution in [0.5, 0.6) is 0 Å². The third-order valence-electron chi connectivity index (χ3n) is 1.68. The highest BCUT2D eigenvalue weighted by Crippen LogP contribution is 2.29. The number of nitrogens with two attached hydrogens (primary N) is 1. The van der Waals surface area contributed by atoms with Crippen LogP contribution in [0.15, 0.2) is 12.4 Å². The van der Waals surface area contributed by atoms with Crippen molar-refractivity contribution in [3.8, 4) is 0 Å². The highest BCUT2D eigenvalue weighted by atomic mass is 35.5. The zero-order valence-corrected chi connectivity index (χ0v) is 8.32. The summed E-state index contributed by atoms with van der Waals surface area (Å²) in [6.07, 6.45) is 3.10. The van der Waals surface area contributed by atoms with E-state index in [-0.39, 0.29) is 6.42 Å². The van der Waals surface area contributed by atoms with Crippen molar-refractivity contribution in [3.05, 3.63) is 28.0 Å². The monoisotopic (exact) mass is 222 g/mol. The van der Waals surface area contributed by atoms with Crippen molar-refractivity contribution >= 4 is 23.2 Å². The predicted molar refractivity (Wildman–Crippen MR) is 51.8 cm³/mol. The minimum atomic E-state index is -0.490. The van der Waals surface area contributed by atoms with Crippen LogP contribution < -0.4 is 5.73 Å². The lowest BCUT2D eigenvalue weighted by molar-refractivity contribution is 0.442. The van der Waals surface area contributed by atoms with Crippen molar-refractivity contribution in [1.29, 1.82) is 0 Å². The molecule has 0 aliphatic carbocycles. The van der Waals surface area contributed by atoms with E-state index in [1.807, 2.05) is 0 Å². The summed E-state index contributed by atoms with van der Waals surface area (Å²) in [5.41, 5.74) is 6.24. The molecule has 1 heterocycles. The number of rotatable bonds is 3. The molecule has 0 saturated heterocycles. The van der Waals surface area contributed by atoms with E-state index in [0.717, 1.165) is 0 Å². The molecule has 1 aromatic rings. The Morgan fingerprint density at radius 3 is 2.38 bits per heavy atom. The summed E-state index contributed by atoms with van der Waals surface area (Å²) < 4.78 is 12.0. The minimum Gasteiger partial charge on any atom is -0.324 e. The first-order valence-corrected chi connectivity index (χ1v) is 4.53. The van der Waals surface area contributed by atoms with Gasteiger partial charge in [0.05, 0.1) is 16.7 Å². The Labute approximate surface area is 85.9 Å². The fourth-order valence-corrected chi connectivity index (χ4v) is 1.68. The van der Waals surface area contributed by atoms with Crippen molar-refractivity contribution in [2.75, 3.05) is 6.67 Å². The van der Waals surface area contributed by atoms with Gasteiger partial charge in [0, 0.05) is 24.0 Å². The molecule has 0 unspecified atom stereocenters. The number of hydrogen-bond donors (Lipinski definition) is 1. The molecule has 1 atom stereocenters. The van der Waals surface area contributed by atoms with Crippen LogP contribution in [0.1, 0.15) is 18.0 Å². The van der Waals surface area contributed by atoms with Gasteiger partial charge in [-0.15, -0.1) is 0 Å². The Hall–Kier alpha value is -0.380. The standard InChI is InChI=1S/C8H9Cl2FN2/c9-5-3-13-4-6(10)8(5)7(12)1-2-11/h3-4,7H,1-2,12H2/t7-/m0/s1. The third kappa shape index (κ3) is 2.53. The van der Waals surface area contributed by atoms with Crippen LogP contribution in [0, 0.1) is 0 Å². The molecule has 0 saturated carbocycles. The van der Waals surface area contributed by atoms with E-state index in [1.54, 1.807) is 0 Å². The normalized spacial score (nSPS) is 12.9. The van der Waals surface area contributed by atoms with Crippen LogP contribution in [-0.2, 0) is 0 Å². The molecule has 0 fully saturated rings. The van der Waals surface area contributed by atoms with Gasteiger partial charge in [-0.05, 0) is 6.42 Å². The van der Waals surface area contributed by atoms with Crippen molar-refractivity contribution in [2.45, 2.75) is 12.5 Å². The minimum absolute atomic E-state index is 0.212. The molecular formula is C8H9Cl2FN2. The van der Waals surface area contributed by atoms with Crippen LogP contribution in [0.3, 0.4) is 0 Å². The van der Waals surface area contributed by atoms with Gasteiger partial charge < -0.3 is 5.73 Å². The lowest BCUT2D eigenvalue weighted by Crippen LogP contribution is -2.12. The van der Waals surface area contributed by atoms with E-state index in [9.17, 15) is 4.39 Å². The molecule has 2 N–H and O–H groups in total. The van der Waals surface area contributed by atoms with Gasteiger partial charge in [0.1, 0.15) is 0 Å². The van der Waals surface area contributed by atoms with Crippen molar-refractivity contribution < 1.29 is 4.39 Å². The Bertz CT molecular complexity index is 273. The van der Waals surface area contributed by atoms with Crippen molar-refractivity contribution in [2.24, 2.45) is 5.73 Å². The van der Waals surface area contributed by atoms with Crippen LogP contribution in [0.2, 0.25) is 10.0 Å². The van der Waals surface area contributed by atoms with Crippen molar-refractivity contribution in [1.82, 2.24) is 4.98 Å². The van der Waals surface area contributed by atoms with Crippen LogP contribution in [0.25, 0.3) is 0 Å². The largest absolute Gasteiger partial charge is 0.324 e. The number of halogens is 3. The topological polar surface area (TPSA) is 38.9 Å². The second-order valence-corrected chi connectivity index (χ2v) is 3.42. The summed E-state index contributed by atoms with van der Waals surface area (Å²) in [5.74, 6) is 0. The molecule has 1 aromatic heterocycles. The van der Waals surface area contributed by atoms with Gasteiger partial charge in [0.15, 0.2) is 0 Å². The van der Waals surface area contributed by atoms with Gasteiger partial charge in [-0.25, -0.2) is 0 Å². The number of nitrogens with zero attached hydrogens (tertiary/aromatic N) is 1. The Morgan fingerprint density at radius 2 is 1.92 bits per heavy atom. The molecule has 72 valence electrons. The maximum Gasteiger partial charge on any atom is 0.0912 e. The maximum atomic E-state index is 12.0. The van der Waals surface area contributed by atoms with Gasteiger partial charge >= 0.3 is 0 Å². The molecule has 0 aliphatic heterocycles. The summed E-state index contributed by atoms with van der Waals surface area (Å²) in [6.45, 7) is -0.490. The van der Waals surface area contributed by atoms with Crippen molar-refractivity contribution in [3.63, 3.8) is 0 Å².